The summed E-state index contributed by atoms with van der Waals surface area (Å²) in [5, 5.41) is 0. The second-order valence-electron chi connectivity index (χ2n) is 4.21. The van der Waals surface area contributed by atoms with E-state index in [1.807, 2.05) is 25.1 Å². The van der Waals surface area contributed by atoms with Crippen molar-refractivity contribution in [3.05, 3.63) is 29.8 Å². The Hall–Kier alpha value is -1.20. The summed E-state index contributed by atoms with van der Waals surface area (Å²) in [6.45, 7) is 3.06. The third-order valence-electron chi connectivity index (χ3n) is 2.72. The Bertz CT molecular complexity index is 435. The zero-order chi connectivity index (χ0) is 13.5. The Labute approximate surface area is 111 Å². The number of carbonyl (C=O) groups is 1. The van der Waals surface area contributed by atoms with Crippen molar-refractivity contribution in [2.24, 2.45) is 5.73 Å². The van der Waals surface area contributed by atoms with Gasteiger partial charge in [0.25, 0.3) is 0 Å². The number of benzene rings is 1. The Morgan fingerprint density at radius 2 is 2.06 bits per heavy atom. The van der Waals surface area contributed by atoms with Crippen LogP contribution in [0, 0.1) is 6.92 Å². The van der Waals surface area contributed by atoms with E-state index in [1.165, 1.54) is 0 Å². The van der Waals surface area contributed by atoms with Crippen LogP contribution >= 0.6 is 0 Å². The molecule has 1 amide bonds. The minimum absolute atomic E-state index is 0.0337. The van der Waals surface area contributed by atoms with Crippen LogP contribution in [0.2, 0.25) is 0 Å². The molecular formula is C13H20N2O2S. The number of hydrogen-bond donors (Lipinski definition) is 1. The highest BCUT2D eigenvalue weighted by molar-refractivity contribution is 7.85. The molecule has 100 valence electrons. The van der Waals surface area contributed by atoms with Gasteiger partial charge in [-0.15, -0.1) is 0 Å². The second-order valence-corrected chi connectivity index (χ2v) is 5.63. The molecule has 0 aliphatic carbocycles. The lowest BCUT2D eigenvalue weighted by Crippen LogP contribution is -2.32. The molecular weight excluding hydrogens is 248 g/mol. The molecule has 0 bridgehead atoms. The van der Waals surface area contributed by atoms with Crippen LogP contribution in [0.3, 0.4) is 0 Å². The zero-order valence-corrected chi connectivity index (χ0v) is 11.7. The molecule has 0 saturated heterocycles. The van der Waals surface area contributed by atoms with Crippen LogP contribution in [-0.4, -0.2) is 40.9 Å². The maximum absolute atomic E-state index is 12.1. The minimum Gasteiger partial charge on any atom is -0.345 e. The highest BCUT2D eigenvalue weighted by atomic mass is 32.2. The van der Waals surface area contributed by atoms with Gasteiger partial charge in [-0.3, -0.25) is 9.00 Å². The van der Waals surface area contributed by atoms with E-state index in [-0.39, 0.29) is 11.7 Å². The molecule has 0 aromatic heterocycles. The van der Waals surface area contributed by atoms with Gasteiger partial charge in [0, 0.05) is 18.5 Å². The summed E-state index contributed by atoms with van der Waals surface area (Å²) in [5.74, 6) is -0.0728. The van der Waals surface area contributed by atoms with Crippen LogP contribution in [0.4, 0.5) is 0 Å². The first-order valence-corrected chi connectivity index (χ1v) is 7.26. The van der Waals surface area contributed by atoms with Crippen molar-refractivity contribution >= 4 is 16.7 Å². The summed E-state index contributed by atoms with van der Waals surface area (Å²) in [6.07, 6.45) is 0.763. The highest BCUT2D eigenvalue weighted by Crippen LogP contribution is 2.12. The van der Waals surface area contributed by atoms with E-state index in [0.717, 1.165) is 16.9 Å². The molecule has 0 aliphatic rings. The highest BCUT2D eigenvalue weighted by Gasteiger charge is 2.15. The Kier molecular flexibility index (Phi) is 6.01. The number of amides is 1. The largest absolute Gasteiger partial charge is 0.345 e. The number of aryl methyl sites for hydroxylation is 1. The fourth-order valence-electron chi connectivity index (χ4n) is 1.57. The molecule has 0 radical (unpaired) electrons. The smallest absolute Gasteiger partial charge is 0.235 e. The van der Waals surface area contributed by atoms with E-state index in [2.05, 4.69) is 0 Å². The summed E-state index contributed by atoms with van der Waals surface area (Å²) < 4.78 is 12.1. The quantitative estimate of drug-likeness (QED) is 0.834. The molecule has 1 unspecified atom stereocenters. The molecule has 1 aromatic rings. The lowest BCUT2D eigenvalue weighted by Gasteiger charge is -2.16. The van der Waals surface area contributed by atoms with E-state index >= 15 is 0 Å². The van der Waals surface area contributed by atoms with Gasteiger partial charge in [0.2, 0.25) is 5.91 Å². The topological polar surface area (TPSA) is 63.4 Å². The zero-order valence-electron chi connectivity index (χ0n) is 10.9. The first-order chi connectivity index (χ1) is 8.56. The fraction of sp³-hybridized carbons (Fsp3) is 0.462. The predicted molar refractivity (Wildman–Crippen MR) is 73.8 cm³/mol. The normalized spacial score (nSPS) is 12.2. The van der Waals surface area contributed by atoms with Gasteiger partial charge in [-0.2, -0.15) is 0 Å². The van der Waals surface area contributed by atoms with Crippen molar-refractivity contribution in [2.75, 3.05) is 25.9 Å². The molecule has 0 heterocycles. The Morgan fingerprint density at radius 1 is 1.39 bits per heavy atom. The molecule has 0 aliphatic heterocycles. The number of nitrogens with zero attached hydrogens (tertiary/aromatic N) is 1. The molecule has 1 atom stereocenters. The van der Waals surface area contributed by atoms with Crippen molar-refractivity contribution in [3.8, 4) is 0 Å². The number of nitrogens with two attached hydrogens (primary N) is 1. The van der Waals surface area contributed by atoms with Crippen LogP contribution in [0.15, 0.2) is 29.2 Å². The Morgan fingerprint density at radius 3 is 2.67 bits per heavy atom. The molecule has 0 spiro atoms. The van der Waals surface area contributed by atoms with Crippen molar-refractivity contribution in [1.82, 2.24) is 4.90 Å². The van der Waals surface area contributed by atoms with E-state index in [0.29, 0.717) is 13.1 Å². The maximum Gasteiger partial charge on any atom is 0.235 e. The van der Waals surface area contributed by atoms with Crippen LogP contribution < -0.4 is 5.73 Å². The Balaban J connectivity index is 2.60. The van der Waals surface area contributed by atoms with Gasteiger partial charge in [0.05, 0.1) is 10.8 Å². The fourth-order valence-corrected chi connectivity index (χ4v) is 2.82. The molecule has 18 heavy (non-hydrogen) atoms. The van der Waals surface area contributed by atoms with Crippen LogP contribution in [-0.2, 0) is 15.6 Å². The van der Waals surface area contributed by atoms with E-state index in [1.54, 1.807) is 18.0 Å². The lowest BCUT2D eigenvalue weighted by atomic mass is 10.2. The average Bonchev–Trinajstić information content (AvgIpc) is 2.36. The third kappa shape index (κ3) is 4.23. The van der Waals surface area contributed by atoms with Crippen molar-refractivity contribution < 1.29 is 9.00 Å². The van der Waals surface area contributed by atoms with Crippen molar-refractivity contribution in [2.45, 2.75) is 18.2 Å². The molecule has 1 aromatic carbocycles. The number of carbonyl (C=O) groups excluding carboxylic acids is 1. The molecule has 0 fully saturated rings. The molecule has 2 N–H and O–H groups in total. The van der Waals surface area contributed by atoms with Gasteiger partial charge in [0.1, 0.15) is 5.75 Å². The van der Waals surface area contributed by atoms with E-state index in [9.17, 15) is 9.00 Å². The molecule has 4 nitrogen and oxygen atoms in total. The molecule has 5 heteroatoms. The average molecular weight is 268 g/mol. The van der Waals surface area contributed by atoms with Gasteiger partial charge in [-0.25, -0.2) is 0 Å². The van der Waals surface area contributed by atoms with E-state index in [4.69, 9.17) is 5.73 Å². The first-order valence-electron chi connectivity index (χ1n) is 5.94. The van der Waals surface area contributed by atoms with E-state index < -0.39 is 10.8 Å². The number of rotatable bonds is 6. The van der Waals surface area contributed by atoms with Gasteiger partial charge in [0.15, 0.2) is 0 Å². The summed E-state index contributed by atoms with van der Waals surface area (Å²) >= 11 is 0. The van der Waals surface area contributed by atoms with Crippen LogP contribution in [0.1, 0.15) is 12.0 Å². The van der Waals surface area contributed by atoms with Crippen LogP contribution in [0.25, 0.3) is 0 Å². The molecule has 0 saturated carbocycles. The van der Waals surface area contributed by atoms with Gasteiger partial charge < -0.3 is 10.6 Å². The van der Waals surface area contributed by atoms with Crippen LogP contribution in [0.5, 0.6) is 0 Å². The standard InChI is InChI=1S/C13H20N2O2S/c1-11-6-3-4-7-12(11)18(17)10-13(16)15(2)9-5-8-14/h3-4,6-7H,5,8-10,14H2,1-2H3. The second kappa shape index (κ2) is 7.28. The van der Waals surface area contributed by atoms with Gasteiger partial charge >= 0.3 is 0 Å². The number of hydrogen-bond acceptors (Lipinski definition) is 3. The van der Waals surface area contributed by atoms with Crippen molar-refractivity contribution in [3.63, 3.8) is 0 Å². The first kappa shape index (κ1) is 14.9. The summed E-state index contributed by atoms with van der Waals surface area (Å²) in [6, 6.07) is 7.43. The van der Waals surface area contributed by atoms with Gasteiger partial charge in [-0.1, -0.05) is 18.2 Å². The van der Waals surface area contributed by atoms with Gasteiger partial charge in [-0.05, 0) is 31.5 Å². The minimum atomic E-state index is -1.27. The predicted octanol–water partition coefficient (Wildman–Crippen LogP) is 0.910. The summed E-state index contributed by atoms with van der Waals surface area (Å²) in [7, 11) is 0.442. The summed E-state index contributed by atoms with van der Waals surface area (Å²) in [4.78, 5) is 14.2. The monoisotopic (exact) mass is 268 g/mol. The SMILES string of the molecule is Cc1ccccc1S(=O)CC(=O)N(C)CCCN. The van der Waals surface area contributed by atoms with Crippen molar-refractivity contribution in [1.29, 1.82) is 0 Å². The third-order valence-corrected chi connectivity index (χ3v) is 4.17. The maximum atomic E-state index is 12.1. The summed E-state index contributed by atoms with van der Waals surface area (Å²) in [5.41, 5.74) is 6.34. The lowest BCUT2D eigenvalue weighted by molar-refractivity contribution is -0.127. The molecule has 1 rings (SSSR count).